The van der Waals surface area contributed by atoms with Crippen LogP contribution in [0, 0.1) is 0 Å². The predicted octanol–water partition coefficient (Wildman–Crippen LogP) is 2.50. The quantitative estimate of drug-likeness (QED) is 0.367. The fraction of sp³-hybridized carbons (Fsp3) is 0.700. The van der Waals surface area contributed by atoms with Crippen LogP contribution < -0.4 is 5.32 Å². The molecule has 1 amide bonds. The molecule has 2 aliphatic rings. The number of carbonyl (C=O) groups excluding carboxylic acids is 1. The minimum atomic E-state index is -0.0280. The zero-order valence-electron chi connectivity index (χ0n) is 17.1. The summed E-state index contributed by atoms with van der Waals surface area (Å²) < 4.78 is 5.23. The number of halogens is 1. The Morgan fingerprint density at radius 2 is 1.93 bits per heavy atom. The minimum absolute atomic E-state index is 0. The zero-order chi connectivity index (χ0) is 19.1. The molecule has 0 bridgehead atoms. The summed E-state index contributed by atoms with van der Waals surface area (Å²) in [5.74, 6) is 1.35. The third-order valence-corrected chi connectivity index (χ3v) is 5.60. The third-order valence-electron chi connectivity index (χ3n) is 5.60. The van der Waals surface area contributed by atoms with Crippen molar-refractivity contribution in [3.05, 3.63) is 24.2 Å². The fourth-order valence-corrected chi connectivity index (χ4v) is 3.94. The summed E-state index contributed by atoms with van der Waals surface area (Å²) in [6.07, 6.45) is 6.92. The first-order valence-electron chi connectivity index (χ1n) is 10.3. The molecule has 0 radical (unpaired) electrons. The van der Waals surface area contributed by atoms with Gasteiger partial charge in [0.25, 0.3) is 5.91 Å². The molecule has 7 nitrogen and oxygen atoms in total. The Balaban J connectivity index is 0.00000280. The van der Waals surface area contributed by atoms with Crippen LogP contribution in [0.25, 0.3) is 0 Å². The van der Waals surface area contributed by atoms with Crippen LogP contribution in [0.1, 0.15) is 43.2 Å². The van der Waals surface area contributed by atoms with E-state index in [-0.39, 0.29) is 29.9 Å². The van der Waals surface area contributed by atoms with Gasteiger partial charge in [0, 0.05) is 45.3 Å². The number of hydrogen-bond acceptors (Lipinski definition) is 4. The second-order valence-electron chi connectivity index (χ2n) is 7.41. The van der Waals surface area contributed by atoms with Crippen molar-refractivity contribution in [2.75, 3.05) is 52.9 Å². The van der Waals surface area contributed by atoms with Crippen molar-refractivity contribution in [2.24, 2.45) is 4.99 Å². The highest BCUT2D eigenvalue weighted by atomic mass is 127. The van der Waals surface area contributed by atoms with E-state index in [2.05, 4.69) is 29.1 Å². The molecular formula is C20H34IN5O2. The van der Waals surface area contributed by atoms with E-state index in [0.717, 1.165) is 44.7 Å². The van der Waals surface area contributed by atoms with Crippen molar-refractivity contribution in [2.45, 2.75) is 38.6 Å². The molecule has 1 aromatic heterocycles. The first kappa shape index (κ1) is 23.0. The number of piperazine rings is 1. The van der Waals surface area contributed by atoms with Gasteiger partial charge in [-0.05, 0) is 38.9 Å². The van der Waals surface area contributed by atoms with Gasteiger partial charge in [0.1, 0.15) is 0 Å². The largest absolute Gasteiger partial charge is 0.459 e. The zero-order valence-corrected chi connectivity index (χ0v) is 19.4. The Bertz CT molecular complexity index is 608. The lowest BCUT2D eigenvalue weighted by atomic mass is 10.2. The number of aliphatic imine (C=N–C) groups is 1. The topological polar surface area (TPSA) is 64.3 Å². The van der Waals surface area contributed by atoms with Crippen molar-refractivity contribution in [3.8, 4) is 0 Å². The lowest BCUT2D eigenvalue weighted by molar-refractivity contribution is 0.0657. The molecule has 3 rings (SSSR count). The minimum Gasteiger partial charge on any atom is -0.459 e. The number of guanidine groups is 1. The van der Waals surface area contributed by atoms with E-state index >= 15 is 0 Å². The molecule has 0 spiro atoms. The van der Waals surface area contributed by atoms with Crippen LogP contribution in [0.2, 0.25) is 0 Å². The SMILES string of the molecule is CCNC(=NCCN(C)C1CCCC1)N1CCN(C(=O)c2ccco2)CC1.I. The summed E-state index contributed by atoms with van der Waals surface area (Å²) >= 11 is 0. The summed E-state index contributed by atoms with van der Waals surface area (Å²) in [5, 5.41) is 3.40. The van der Waals surface area contributed by atoms with E-state index < -0.39 is 0 Å². The second-order valence-corrected chi connectivity index (χ2v) is 7.41. The van der Waals surface area contributed by atoms with Gasteiger partial charge >= 0.3 is 0 Å². The summed E-state index contributed by atoms with van der Waals surface area (Å²) in [4.78, 5) is 23.8. The van der Waals surface area contributed by atoms with E-state index in [4.69, 9.17) is 9.41 Å². The van der Waals surface area contributed by atoms with Crippen LogP contribution in [0.4, 0.5) is 0 Å². The molecule has 1 aromatic rings. The number of furan rings is 1. The van der Waals surface area contributed by atoms with Crippen LogP contribution >= 0.6 is 24.0 Å². The Morgan fingerprint density at radius 1 is 1.25 bits per heavy atom. The normalized spacial score (nSPS) is 18.5. The lowest BCUT2D eigenvalue weighted by Crippen LogP contribution is -2.53. The van der Waals surface area contributed by atoms with E-state index in [1.165, 1.54) is 25.7 Å². The summed E-state index contributed by atoms with van der Waals surface area (Å²) in [5.41, 5.74) is 0. The molecule has 1 aliphatic carbocycles. The molecule has 1 saturated carbocycles. The van der Waals surface area contributed by atoms with E-state index in [0.29, 0.717) is 18.8 Å². The van der Waals surface area contributed by atoms with Crippen LogP contribution in [0.5, 0.6) is 0 Å². The number of hydrogen-bond donors (Lipinski definition) is 1. The fourth-order valence-electron chi connectivity index (χ4n) is 3.94. The highest BCUT2D eigenvalue weighted by molar-refractivity contribution is 14.0. The van der Waals surface area contributed by atoms with Crippen molar-refractivity contribution in [3.63, 3.8) is 0 Å². The van der Waals surface area contributed by atoms with Gasteiger partial charge in [-0.15, -0.1) is 24.0 Å². The first-order chi connectivity index (χ1) is 13.2. The second kappa shape index (κ2) is 11.6. The smallest absolute Gasteiger partial charge is 0.289 e. The molecule has 0 atom stereocenters. The summed E-state index contributed by atoms with van der Waals surface area (Å²) in [6, 6.07) is 4.21. The van der Waals surface area contributed by atoms with Crippen molar-refractivity contribution in [1.29, 1.82) is 0 Å². The molecule has 2 fully saturated rings. The van der Waals surface area contributed by atoms with Crippen LogP contribution in [-0.2, 0) is 0 Å². The molecular weight excluding hydrogens is 469 g/mol. The van der Waals surface area contributed by atoms with Gasteiger partial charge in [-0.25, -0.2) is 0 Å². The maximum absolute atomic E-state index is 12.4. The molecule has 158 valence electrons. The molecule has 28 heavy (non-hydrogen) atoms. The maximum Gasteiger partial charge on any atom is 0.289 e. The van der Waals surface area contributed by atoms with Crippen LogP contribution in [0.3, 0.4) is 0 Å². The first-order valence-corrected chi connectivity index (χ1v) is 10.3. The summed E-state index contributed by atoms with van der Waals surface area (Å²) in [7, 11) is 2.22. The third kappa shape index (κ3) is 6.10. The average Bonchev–Trinajstić information content (AvgIpc) is 3.40. The van der Waals surface area contributed by atoms with Crippen molar-refractivity contribution in [1.82, 2.24) is 20.0 Å². The molecule has 1 saturated heterocycles. The molecule has 1 aliphatic heterocycles. The van der Waals surface area contributed by atoms with E-state index in [9.17, 15) is 4.79 Å². The van der Waals surface area contributed by atoms with Crippen molar-refractivity contribution >= 4 is 35.8 Å². The molecule has 0 aromatic carbocycles. The average molecular weight is 503 g/mol. The standard InChI is InChI=1S/C20H33N5O2.HI/c1-3-21-20(22-10-11-23(2)17-7-4-5-8-17)25-14-12-24(13-15-25)19(26)18-9-6-16-27-18;/h6,9,16-17H,3-5,7-8,10-15H2,1-2H3,(H,21,22);1H. The lowest BCUT2D eigenvalue weighted by Gasteiger charge is -2.36. The Hall–Kier alpha value is -1.29. The Morgan fingerprint density at radius 3 is 2.54 bits per heavy atom. The Labute approximate surface area is 185 Å². The molecule has 0 unspecified atom stereocenters. The van der Waals surface area contributed by atoms with Gasteiger partial charge < -0.3 is 24.4 Å². The number of likely N-dealkylation sites (N-methyl/N-ethyl adjacent to an activating group) is 1. The van der Waals surface area contributed by atoms with Gasteiger partial charge in [0.2, 0.25) is 0 Å². The van der Waals surface area contributed by atoms with Gasteiger partial charge in [-0.1, -0.05) is 12.8 Å². The van der Waals surface area contributed by atoms with Crippen LogP contribution in [-0.4, -0.2) is 85.5 Å². The molecule has 8 heteroatoms. The highest BCUT2D eigenvalue weighted by Crippen LogP contribution is 2.21. The van der Waals surface area contributed by atoms with Gasteiger partial charge in [0.15, 0.2) is 11.7 Å². The number of carbonyl (C=O) groups is 1. The maximum atomic E-state index is 12.4. The predicted molar refractivity (Wildman–Crippen MR) is 122 cm³/mol. The molecule has 1 N–H and O–H groups in total. The summed E-state index contributed by atoms with van der Waals surface area (Å²) in [6.45, 7) is 7.70. The Kier molecular flexibility index (Phi) is 9.57. The van der Waals surface area contributed by atoms with E-state index in [1.807, 2.05) is 4.90 Å². The van der Waals surface area contributed by atoms with Gasteiger partial charge in [0.05, 0.1) is 12.8 Å². The highest BCUT2D eigenvalue weighted by Gasteiger charge is 2.25. The number of nitrogens with zero attached hydrogens (tertiary/aromatic N) is 4. The number of rotatable bonds is 6. The van der Waals surface area contributed by atoms with Crippen molar-refractivity contribution < 1.29 is 9.21 Å². The van der Waals surface area contributed by atoms with Gasteiger partial charge in [-0.2, -0.15) is 0 Å². The molecule has 2 heterocycles. The van der Waals surface area contributed by atoms with Gasteiger partial charge in [-0.3, -0.25) is 9.79 Å². The number of nitrogens with one attached hydrogen (secondary N) is 1. The number of amides is 1. The van der Waals surface area contributed by atoms with E-state index in [1.54, 1.807) is 18.4 Å². The monoisotopic (exact) mass is 503 g/mol. The van der Waals surface area contributed by atoms with Crippen LogP contribution in [0.15, 0.2) is 27.8 Å².